The Bertz CT molecular complexity index is 281. The van der Waals surface area contributed by atoms with Gasteiger partial charge in [0.2, 0.25) is 0 Å². The van der Waals surface area contributed by atoms with Gasteiger partial charge in [-0.2, -0.15) is 0 Å². The number of halogens is 1. The van der Waals surface area contributed by atoms with Crippen molar-refractivity contribution < 1.29 is 4.74 Å². The molecule has 78 valence electrons. The number of anilines is 1. The fourth-order valence-electron chi connectivity index (χ4n) is 1.12. The topological polar surface area (TPSA) is 34.1 Å². The van der Waals surface area contributed by atoms with Crippen molar-refractivity contribution in [1.29, 1.82) is 0 Å². The predicted octanol–water partition coefficient (Wildman–Crippen LogP) is 2.57. The molecule has 4 heteroatoms. The zero-order chi connectivity index (χ0) is 10.4. The van der Waals surface area contributed by atoms with Gasteiger partial charge in [0.1, 0.15) is 0 Å². The highest BCUT2D eigenvalue weighted by Gasteiger charge is 2.02. The Morgan fingerprint density at radius 3 is 3.07 bits per heavy atom. The zero-order valence-electron chi connectivity index (χ0n) is 8.46. The van der Waals surface area contributed by atoms with Crippen LogP contribution in [0.3, 0.4) is 0 Å². The molecule has 0 aliphatic rings. The van der Waals surface area contributed by atoms with Crippen LogP contribution in [-0.2, 0) is 4.74 Å². The van der Waals surface area contributed by atoms with Gasteiger partial charge in [0.05, 0.1) is 16.8 Å². The molecule has 1 rings (SSSR count). The van der Waals surface area contributed by atoms with Crippen molar-refractivity contribution in [3.05, 3.63) is 23.5 Å². The smallest absolute Gasteiger partial charge is 0.0820 e. The molecule has 0 bridgehead atoms. The quantitative estimate of drug-likeness (QED) is 0.818. The molecule has 0 saturated carbocycles. The van der Waals surface area contributed by atoms with E-state index in [0.29, 0.717) is 5.02 Å². The molecule has 14 heavy (non-hydrogen) atoms. The van der Waals surface area contributed by atoms with Gasteiger partial charge in [-0.15, -0.1) is 0 Å². The van der Waals surface area contributed by atoms with E-state index in [1.807, 2.05) is 19.9 Å². The van der Waals surface area contributed by atoms with Crippen LogP contribution in [0.2, 0.25) is 5.02 Å². The molecule has 0 amide bonds. The molecule has 0 fully saturated rings. The molecule has 1 atom stereocenters. The first-order valence-corrected chi connectivity index (χ1v) is 5.06. The Morgan fingerprint density at radius 1 is 1.64 bits per heavy atom. The van der Waals surface area contributed by atoms with Crippen molar-refractivity contribution in [3.8, 4) is 0 Å². The molecule has 0 aliphatic heterocycles. The van der Waals surface area contributed by atoms with Crippen molar-refractivity contribution in [1.82, 2.24) is 4.98 Å². The molecule has 1 N–H and O–H groups in total. The highest BCUT2D eigenvalue weighted by Crippen LogP contribution is 2.18. The molecule has 0 spiro atoms. The maximum absolute atomic E-state index is 5.92. The average Bonchev–Trinajstić information content (AvgIpc) is 2.17. The third-order valence-electron chi connectivity index (χ3n) is 1.80. The van der Waals surface area contributed by atoms with Crippen LogP contribution in [0.25, 0.3) is 0 Å². The van der Waals surface area contributed by atoms with Gasteiger partial charge < -0.3 is 10.1 Å². The molecule has 1 heterocycles. The third-order valence-corrected chi connectivity index (χ3v) is 2.10. The van der Waals surface area contributed by atoms with Crippen molar-refractivity contribution in [3.63, 3.8) is 0 Å². The lowest BCUT2D eigenvalue weighted by molar-refractivity contribution is 0.0855. The third kappa shape index (κ3) is 3.52. The molecule has 1 aromatic heterocycles. The van der Waals surface area contributed by atoms with Gasteiger partial charge in [-0.3, -0.25) is 4.98 Å². The van der Waals surface area contributed by atoms with Crippen LogP contribution in [0.4, 0.5) is 5.69 Å². The van der Waals surface area contributed by atoms with Gasteiger partial charge in [0.15, 0.2) is 0 Å². The number of hydrogen-bond acceptors (Lipinski definition) is 3. The summed E-state index contributed by atoms with van der Waals surface area (Å²) in [7, 11) is 0. The SMILES string of the molecule is CCOC(C)CNc1ccncc1Cl. The van der Waals surface area contributed by atoms with E-state index < -0.39 is 0 Å². The van der Waals surface area contributed by atoms with E-state index in [2.05, 4.69) is 10.3 Å². The van der Waals surface area contributed by atoms with Crippen LogP contribution >= 0.6 is 11.6 Å². The normalized spacial score (nSPS) is 12.5. The van der Waals surface area contributed by atoms with Crippen LogP contribution in [0.5, 0.6) is 0 Å². The minimum Gasteiger partial charge on any atom is -0.381 e. The first-order chi connectivity index (χ1) is 6.74. The fourth-order valence-corrected chi connectivity index (χ4v) is 1.30. The van der Waals surface area contributed by atoms with Crippen molar-refractivity contribution in [2.45, 2.75) is 20.0 Å². The van der Waals surface area contributed by atoms with E-state index >= 15 is 0 Å². The molecule has 0 aliphatic carbocycles. The number of rotatable bonds is 5. The van der Waals surface area contributed by atoms with Crippen molar-refractivity contribution in [2.75, 3.05) is 18.5 Å². The maximum Gasteiger partial charge on any atom is 0.0820 e. The van der Waals surface area contributed by atoms with Gasteiger partial charge in [-0.1, -0.05) is 11.6 Å². The van der Waals surface area contributed by atoms with E-state index in [4.69, 9.17) is 16.3 Å². The summed E-state index contributed by atoms with van der Waals surface area (Å²) in [6, 6.07) is 1.85. The summed E-state index contributed by atoms with van der Waals surface area (Å²) in [5, 5.41) is 3.84. The number of pyridine rings is 1. The van der Waals surface area contributed by atoms with Gasteiger partial charge >= 0.3 is 0 Å². The van der Waals surface area contributed by atoms with Crippen molar-refractivity contribution in [2.24, 2.45) is 0 Å². The molecular formula is C10H15ClN2O. The fraction of sp³-hybridized carbons (Fsp3) is 0.500. The lowest BCUT2D eigenvalue weighted by Crippen LogP contribution is -2.19. The molecule has 0 saturated heterocycles. The Hall–Kier alpha value is -0.800. The summed E-state index contributed by atoms with van der Waals surface area (Å²) in [5.74, 6) is 0. The summed E-state index contributed by atoms with van der Waals surface area (Å²) in [6.45, 7) is 5.48. The predicted molar refractivity (Wildman–Crippen MR) is 58.8 cm³/mol. The number of aromatic nitrogens is 1. The molecule has 0 radical (unpaired) electrons. The van der Waals surface area contributed by atoms with E-state index in [1.165, 1.54) is 0 Å². The number of hydrogen-bond donors (Lipinski definition) is 1. The first-order valence-electron chi connectivity index (χ1n) is 4.69. The highest BCUT2D eigenvalue weighted by atomic mass is 35.5. The van der Waals surface area contributed by atoms with E-state index in [1.54, 1.807) is 12.4 Å². The minimum absolute atomic E-state index is 0.184. The highest BCUT2D eigenvalue weighted by molar-refractivity contribution is 6.33. The maximum atomic E-state index is 5.92. The summed E-state index contributed by atoms with van der Waals surface area (Å²) in [6.07, 6.45) is 3.51. The lowest BCUT2D eigenvalue weighted by atomic mass is 10.3. The van der Waals surface area contributed by atoms with E-state index in [-0.39, 0.29) is 6.10 Å². The molecule has 1 unspecified atom stereocenters. The summed E-state index contributed by atoms with van der Waals surface area (Å²) >= 11 is 5.92. The number of nitrogens with zero attached hydrogens (tertiary/aromatic N) is 1. The van der Waals surface area contributed by atoms with E-state index in [9.17, 15) is 0 Å². The van der Waals surface area contributed by atoms with Gasteiger partial charge in [-0.05, 0) is 19.9 Å². The summed E-state index contributed by atoms with van der Waals surface area (Å²) in [5.41, 5.74) is 0.896. The monoisotopic (exact) mass is 214 g/mol. The lowest BCUT2D eigenvalue weighted by Gasteiger charge is -2.13. The van der Waals surface area contributed by atoms with Crippen molar-refractivity contribution >= 4 is 17.3 Å². The van der Waals surface area contributed by atoms with Gasteiger partial charge in [-0.25, -0.2) is 0 Å². The molecule has 3 nitrogen and oxygen atoms in total. The number of nitrogens with one attached hydrogen (secondary N) is 1. The summed E-state index contributed by atoms with van der Waals surface area (Å²) < 4.78 is 5.38. The Labute approximate surface area is 89.4 Å². The summed E-state index contributed by atoms with van der Waals surface area (Å²) in [4.78, 5) is 3.91. The Morgan fingerprint density at radius 2 is 2.43 bits per heavy atom. The second kappa shape index (κ2) is 5.83. The molecular weight excluding hydrogens is 200 g/mol. The second-order valence-corrected chi connectivity index (χ2v) is 3.41. The van der Waals surface area contributed by atoms with Gasteiger partial charge in [0, 0.05) is 25.5 Å². The Balaban J connectivity index is 2.41. The van der Waals surface area contributed by atoms with Crippen LogP contribution in [-0.4, -0.2) is 24.2 Å². The molecule has 1 aromatic rings. The van der Waals surface area contributed by atoms with Crippen LogP contribution < -0.4 is 5.32 Å². The average molecular weight is 215 g/mol. The second-order valence-electron chi connectivity index (χ2n) is 3.00. The zero-order valence-corrected chi connectivity index (χ0v) is 9.21. The molecule has 0 aromatic carbocycles. The van der Waals surface area contributed by atoms with Gasteiger partial charge in [0.25, 0.3) is 0 Å². The van der Waals surface area contributed by atoms with Crippen LogP contribution in [0.15, 0.2) is 18.5 Å². The minimum atomic E-state index is 0.184. The largest absolute Gasteiger partial charge is 0.381 e. The van der Waals surface area contributed by atoms with E-state index in [0.717, 1.165) is 18.8 Å². The Kier molecular flexibility index (Phi) is 4.70. The first kappa shape index (κ1) is 11.3. The number of ether oxygens (including phenoxy) is 1. The standard InChI is InChI=1S/C10H15ClN2O/c1-3-14-8(2)6-13-10-4-5-12-7-9(10)11/h4-5,7-8H,3,6H2,1-2H3,(H,12,13). The van der Waals surface area contributed by atoms with Crippen LogP contribution in [0.1, 0.15) is 13.8 Å². The van der Waals surface area contributed by atoms with Crippen LogP contribution in [0, 0.1) is 0 Å².